The van der Waals surface area contributed by atoms with Crippen LogP contribution < -0.4 is 0 Å². The van der Waals surface area contributed by atoms with Gasteiger partial charge in [-0.05, 0) is 24.1 Å². The number of H-pyrrole nitrogens is 1. The van der Waals surface area contributed by atoms with E-state index in [0.717, 1.165) is 16.5 Å². The summed E-state index contributed by atoms with van der Waals surface area (Å²) in [7, 11) is 0. The maximum absolute atomic E-state index is 8.76. The van der Waals surface area contributed by atoms with E-state index in [4.69, 9.17) is 10.5 Å². The van der Waals surface area contributed by atoms with Crippen molar-refractivity contribution in [2.75, 3.05) is 0 Å². The van der Waals surface area contributed by atoms with E-state index < -0.39 is 5.92 Å². The van der Waals surface area contributed by atoms with Crippen molar-refractivity contribution in [2.45, 2.75) is 13.3 Å². The lowest BCUT2D eigenvalue weighted by Crippen LogP contribution is -1.97. The number of aromatic amines is 1. The molecule has 0 saturated heterocycles. The normalized spacial score (nSPS) is 10.2. The maximum atomic E-state index is 8.76. The third-order valence-corrected chi connectivity index (χ3v) is 2.66. The van der Waals surface area contributed by atoms with Crippen molar-refractivity contribution in [3.8, 4) is 12.1 Å². The number of benzene rings is 1. The lowest BCUT2D eigenvalue weighted by molar-refractivity contribution is 0.839. The van der Waals surface area contributed by atoms with Gasteiger partial charge in [-0.25, -0.2) is 0 Å². The SMILES string of the molecule is Cc1ccc2c(CC(C#N)C#N)c[nH]c2c1. The van der Waals surface area contributed by atoms with Crippen LogP contribution in [0.1, 0.15) is 11.1 Å². The molecule has 1 N–H and O–H groups in total. The quantitative estimate of drug-likeness (QED) is 0.826. The summed E-state index contributed by atoms with van der Waals surface area (Å²) in [4.78, 5) is 3.16. The Morgan fingerprint density at radius 1 is 1.31 bits per heavy atom. The molecule has 2 aromatic rings. The minimum Gasteiger partial charge on any atom is -0.361 e. The van der Waals surface area contributed by atoms with E-state index in [1.54, 1.807) is 0 Å². The number of rotatable bonds is 2. The van der Waals surface area contributed by atoms with Gasteiger partial charge in [0.15, 0.2) is 0 Å². The fourth-order valence-electron chi connectivity index (χ4n) is 1.81. The molecule has 0 unspecified atom stereocenters. The molecule has 0 aliphatic rings. The third kappa shape index (κ3) is 1.76. The second-order valence-electron chi connectivity index (χ2n) is 3.88. The van der Waals surface area contributed by atoms with Crippen LogP contribution in [0.25, 0.3) is 10.9 Å². The Labute approximate surface area is 93.9 Å². The summed E-state index contributed by atoms with van der Waals surface area (Å²) >= 11 is 0. The lowest BCUT2D eigenvalue weighted by Gasteiger charge is -1.99. The number of nitriles is 2. The molecule has 0 fully saturated rings. The molecule has 0 radical (unpaired) electrons. The Morgan fingerprint density at radius 2 is 2.06 bits per heavy atom. The molecule has 3 heteroatoms. The van der Waals surface area contributed by atoms with Crippen LogP contribution in [0.5, 0.6) is 0 Å². The van der Waals surface area contributed by atoms with Crippen molar-refractivity contribution in [1.29, 1.82) is 10.5 Å². The lowest BCUT2D eigenvalue weighted by atomic mass is 10.0. The molecule has 2 rings (SSSR count). The number of nitrogens with one attached hydrogen (secondary N) is 1. The number of fused-ring (bicyclic) bond motifs is 1. The molecule has 0 atom stereocenters. The number of hydrogen-bond donors (Lipinski definition) is 1. The Hall–Kier alpha value is -2.26. The van der Waals surface area contributed by atoms with Crippen molar-refractivity contribution in [2.24, 2.45) is 5.92 Å². The molecule has 0 spiro atoms. The Kier molecular flexibility index (Phi) is 2.62. The summed E-state index contributed by atoms with van der Waals surface area (Å²) in [5, 5.41) is 18.6. The molecule has 1 aromatic carbocycles. The van der Waals surface area contributed by atoms with Crippen molar-refractivity contribution < 1.29 is 0 Å². The second-order valence-corrected chi connectivity index (χ2v) is 3.88. The van der Waals surface area contributed by atoms with Crippen LogP contribution in [0.4, 0.5) is 0 Å². The molecule has 78 valence electrons. The summed E-state index contributed by atoms with van der Waals surface area (Å²) in [6.45, 7) is 2.04. The van der Waals surface area contributed by atoms with E-state index in [9.17, 15) is 0 Å². The van der Waals surface area contributed by atoms with Gasteiger partial charge in [0.25, 0.3) is 0 Å². The molecule has 16 heavy (non-hydrogen) atoms. The van der Waals surface area contributed by atoms with Crippen molar-refractivity contribution in [3.63, 3.8) is 0 Å². The largest absolute Gasteiger partial charge is 0.361 e. The van der Waals surface area contributed by atoms with Crippen LogP contribution in [0.3, 0.4) is 0 Å². The zero-order valence-electron chi connectivity index (χ0n) is 8.99. The first kappa shape index (κ1) is 10.3. The van der Waals surface area contributed by atoms with Crippen molar-refractivity contribution in [3.05, 3.63) is 35.5 Å². The van der Waals surface area contributed by atoms with E-state index in [0.29, 0.717) is 6.42 Å². The summed E-state index contributed by atoms with van der Waals surface area (Å²) in [5.74, 6) is -0.569. The zero-order chi connectivity index (χ0) is 11.5. The maximum Gasteiger partial charge on any atom is 0.137 e. The van der Waals surface area contributed by atoms with E-state index >= 15 is 0 Å². The second kappa shape index (κ2) is 4.08. The Balaban J connectivity index is 2.40. The van der Waals surface area contributed by atoms with Gasteiger partial charge in [0.2, 0.25) is 0 Å². The topological polar surface area (TPSA) is 63.4 Å². The highest BCUT2D eigenvalue weighted by Gasteiger charge is 2.10. The molecular formula is C13H11N3. The van der Waals surface area contributed by atoms with Gasteiger partial charge in [0.05, 0.1) is 12.1 Å². The fourth-order valence-corrected chi connectivity index (χ4v) is 1.81. The van der Waals surface area contributed by atoms with Gasteiger partial charge in [-0.2, -0.15) is 10.5 Å². The summed E-state index contributed by atoms with van der Waals surface area (Å²) in [6.07, 6.45) is 2.36. The van der Waals surface area contributed by atoms with E-state index in [-0.39, 0.29) is 0 Å². The molecule has 0 saturated carbocycles. The first-order valence-electron chi connectivity index (χ1n) is 5.10. The van der Waals surface area contributed by atoms with E-state index in [1.165, 1.54) is 5.56 Å². The van der Waals surface area contributed by atoms with Gasteiger partial charge in [-0.15, -0.1) is 0 Å². The zero-order valence-corrected chi connectivity index (χ0v) is 8.99. The first-order chi connectivity index (χ1) is 7.74. The monoisotopic (exact) mass is 209 g/mol. The third-order valence-electron chi connectivity index (χ3n) is 2.66. The molecule has 3 nitrogen and oxygen atoms in total. The fraction of sp³-hybridized carbons (Fsp3) is 0.231. The predicted molar refractivity (Wildman–Crippen MR) is 61.5 cm³/mol. The van der Waals surface area contributed by atoms with Crippen LogP contribution in [-0.4, -0.2) is 4.98 Å². The molecule has 0 aliphatic carbocycles. The molecular weight excluding hydrogens is 198 g/mol. The average molecular weight is 209 g/mol. The molecule has 1 aromatic heterocycles. The van der Waals surface area contributed by atoms with Crippen molar-refractivity contribution >= 4 is 10.9 Å². The minimum atomic E-state index is -0.569. The van der Waals surface area contributed by atoms with Crippen LogP contribution in [0.2, 0.25) is 0 Å². The van der Waals surface area contributed by atoms with Crippen LogP contribution in [0, 0.1) is 35.5 Å². The van der Waals surface area contributed by atoms with Gasteiger partial charge >= 0.3 is 0 Å². The van der Waals surface area contributed by atoms with E-state index in [2.05, 4.69) is 11.1 Å². The van der Waals surface area contributed by atoms with Gasteiger partial charge < -0.3 is 4.98 Å². The van der Waals surface area contributed by atoms with Gasteiger partial charge in [-0.1, -0.05) is 12.1 Å². The smallest absolute Gasteiger partial charge is 0.137 e. The number of nitrogens with zero attached hydrogens (tertiary/aromatic N) is 2. The standard InChI is InChI=1S/C13H11N3/c1-9-2-3-12-11(5-10(6-14)7-15)8-16-13(12)4-9/h2-4,8,10,16H,5H2,1H3. The van der Waals surface area contributed by atoms with Crippen LogP contribution in [0.15, 0.2) is 24.4 Å². The molecule has 1 heterocycles. The van der Waals surface area contributed by atoms with E-state index in [1.807, 2.05) is 37.4 Å². The number of aryl methyl sites for hydroxylation is 1. The van der Waals surface area contributed by atoms with Gasteiger partial charge in [-0.3, -0.25) is 0 Å². The van der Waals surface area contributed by atoms with Crippen LogP contribution >= 0.6 is 0 Å². The number of aromatic nitrogens is 1. The van der Waals surface area contributed by atoms with Crippen molar-refractivity contribution in [1.82, 2.24) is 4.98 Å². The minimum absolute atomic E-state index is 0.482. The van der Waals surface area contributed by atoms with Crippen LogP contribution in [-0.2, 0) is 6.42 Å². The highest BCUT2D eigenvalue weighted by atomic mass is 14.7. The first-order valence-corrected chi connectivity index (χ1v) is 5.10. The highest BCUT2D eigenvalue weighted by molar-refractivity contribution is 5.83. The Bertz CT molecular complexity index is 582. The molecule has 0 bridgehead atoms. The van der Waals surface area contributed by atoms with Gasteiger partial charge in [0.1, 0.15) is 5.92 Å². The Morgan fingerprint density at radius 3 is 2.75 bits per heavy atom. The highest BCUT2D eigenvalue weighted by Crippen LogP contribution is 2.21. The predicted octanol–water partition coefficient (Wildman–Crippen LogP) is 2.68. The van der Waals surface area contributed by atoms with Gasteiger partial charge in [0, 0.05) is 23.5 Å². The summed E-state index contributed by atoms with van der Waals surface area (Å²) in [6, 6.07) is 10.1. The molecule has 0 amide bonds. The average Bonchev–Trinajstić information content (AvgIpc) is 2.68. The summed E-state index contributed by atoms with van der Waals surface area (Å²) < 4.78 is 0. The summed E-state index contributed by atoms with van der Waals surface area (Å²) in [5.41, 5.74) is 3.28. The molecule has 0 aliphatic heterocycles. The number of hydrogen-bond acceptors (Lipinski definition) is 2.